The minimum Gasteiger partial charge on any atom is -0.363 e. The molecule has 2 aliphatic rings. The molecule has 0 bridgehead atoms. The van der Waals surface area contributed by atoms with Gasteiger partial charge in [-0.3, -0.25) is 4.79 Å². The van der Waals surface area contributed by atoms with E-state index < -0.39 is 0 Å². The minimum absolute atomic E-state index is 0.000288. The summed E-state index contributed by atoms with van der Waals surface area (Å²) in [5.41, 5.74) is 0. The normalized spacial score (nSPS) is 26.2. The van der Waals surface area contributed by atoms with E-state index in [-0.39, 0.29) is 18.1 Å². The van der Waals surface area contributed by atoms with Gasteiger partial charge in [-0.25, -0.2) is 9.97 Å². The Labute approximate surface area is 144 Å². The molecule has 2 aromatic heterocycles. The van der Waals surface area contributed by atoms with Crippen LogP contribution in [-0.2, 0) is 16.1 Å². The molecule has 1 N–H and O–H groups in total. The van der Waals surface area contributed by atoms with Gasteiger partial charge in [-0.1, -0.05) is 6.07 Å². The quantitative estimate of drug-likeness (QED) is 0.917. The van der Waals surface area contributed by atoms with Crippen molar-refractivity contribution in [3.63, 3.8) is 0 Å². The van der Waals surface area contributed by atoms with E-state index in [0.717, 1.165) is 36.8 Å². The van der Waals surface area contributed by atoms with E-state index in [1.807, 2.05) is 23.6 Å². The van der Waals surface area contributed by atoms with Crippen LogP contribution in [0.2, 0.25) is 0 Å². The largest absolute Gasteiger partial charge is 0.363 e. The fourth-order valence-corrected chi connectivity index (χ4v) is 4.08. The molecule has 4 heterocycles. The summed E-state index contributed by atoms with van der Waals surface area (Å²) in [5, 5.41) is 5.00. The fraction of sp³-hybridized carbons (Fsp3) is 0.471. The van der Waals surface area contributed by atoms with Gasteiger partial charge in [0.25, 0.3) is 0 Å². The predicted molar refractivity (Wildman–Crippen MR) is 91.8 cm³/mol. The third-order valence-corrected chi connectivity index (χ3v) is 5.57. The van der Waals surface area contributed by atoms with Gasteiger partial charge < -0.3 is 15.0 Å². The first-order valence-electron chi connectivity index (χ1n) is 8.27. The van der Waals surface area contributed by atoms with Crippen LogP contribution in [0.3, 0.4) is 0 Å². The maximum Gasteiger partial charge on any atom is 0.249 e. The summed E-state index contributed by atoms with van der Waals surface area (Å²) >= 11 is 1.65. The fourth-order valence-electron chi connectivity index (χ4n) is 3.44. The summed E-state index contributed by atoms with van der Waals surface area (Å²) in [7, 11) is 0. The highest BCUT2D eigenvalue weighted by atomic mass is 32.1. The first kappa shape index (κ1) is 15.5. The zero-order valence-electron chi connectivity index (χ0n) is 13.3. The molecule has 2 fully saturated rings. The van der Waals surface area contributed by atoms with Crippen LogP contribution in [0.4, 0.5) is 5.95 Å². The van der Waals surface area contributed by atoms with Crippen molar-refractivity contribution in [2.75, 3.05) is 18.0 Å². The van der Waals surface area contributed by atoms with Crippen LogP contribution >= 0.6 is 11.3 Å². The van der Waals surface area contributed by atoms with Gasteiger partial charge in [0.1, 0.15) is 6.10 Å². The van der Waals surface area contributed by atoms with Crippen molar-refractivity contribution in [1.29, 1.82) is 0 Å². The number of rotatable bonds is 4. The number of ether oxygens (including phenoxy) is 1. The Balaban J connectivity index is 1.33. The summed E-state index contributed by atoms with van der Waals surface area (Å²) in [5.74, 6) is 1.19. The number of piperidine rings is 1. The van der Waals surface area contributed by atoms with Gasteiger partial charge in [0.15, 0.2) is 0 Å². The van der Waals surface area contributed by atoms with Crippen molar-refractivity contribution in [2.24, 2.45) is 5.92 Å². The second kappa shape index (κ2) is 6.86. The van der Waals surface area contributed by atoms with Crippen molar-refractivity contribution in [2.45, 2.75) is 31.6 Å². The zero-order valence-corrected chi connectivity index (χ0v) is 14.1. The van der Waals surface area contributed by atoms with E-state index in [0.29, 0.717) is 12.5 Å². The smallest absolute Gasteiger partial charge is 0.249 e. The zero-order chi connectivity index (χ0) is 16.4. The van der Waals surface area contributed by atoms with Crippen LogP contribution in [0.5, 0.6) is 0 Å². The standard InChI is InChI=1S/C17H20N4O2S/c22-16(20-10-13-3-1-8-24-13)14-9-12-4-7-21(11-15(12)23-14)17-18-5-2-6-19-17/h1-3,5-6,8,12,14-15H,4,7,9-11H2,(H,20,22)/t12-,14+,15+/m0/s1. The molecule has 0 saturated carbocycles. The van der Waals surface area contributed by atoms with Gasteiger partial charge in [0.2, 0.25) is 11.9 Å². The average Bonchev–Trinajstić information content (AvgIpc) is 3.29. The Bertz CT molecular complexity index is 679. The van der Waals surface area contributed by atoms with Gasteiger partial charge in [-0.2, -0.15) is 0 Å². The number of carbonyl (C=O) groups is 1. The maximum atomic E-state index is 12.4. The Morgan fingerprint density at radius 3 is 3.04 bits per heavy atom. The van der Waals surface area contributed by atoms with Crippen molar-refractivity contribution in [3.05, 3.63) is 40.8 Å². The first-order chi connectivity index (χ1) is 11.8. The van der Waals surface area contributed by atoms with E-state index in [4.69, 9.17) is 4.74 Å². The highest BCUT2D eigenvalue weighted by Crippen LogP contribution is 2.34. The summed E-state index contributed by atoms with van der Waals surface area (Å²) in [4.78, 5) is 24.3. The SMILES string of the molecule is O=C(NCc1cccs1)[C@H]1C[C@@H]2CCN(c3ncccn3)C[C@H]2O1. The Hall–Kier alpha value is -1.99. The number of nitrogens with one attached hydrogen (secondary N) is 1. The maximum absolute atomic E-state index is 12.4. The number of hydrogen-bond acceptors (Lipinski definition) is 6. The van der Waals surface area contributed by atoms with Gasteiger partial charge in [0.05, 0.1) is 12.6 Å². The van der Waals surface area contributed by atoms with Crippen LogP contribution in [-0.4, -0.2) is 41.2 Å². The van der Waals surface area contributed by atoms with Gasteiger partial charge in [0, 0.05) is 30.4 Å². The highest BCUT2D eigenvalue weighted by molar-refractivity contribution is 7.09. The highest BCUT2D eigenvalue weighted by Gasteiger charge is 2.42. The second-order valence-electron chi connectivity index (χ2n) is 6.24. The molecule has 0 aromatic carbocycles. The minimum atomic E-state index is -0.336. The van der Waals surface area contributed by atoms with Crippen LogP contribution in [0, 0.1) is 5.92 Å². The molecular weight excluding hydrogens is 324 g/mol. The average molecular weight is 344 g/mol. The van der Waals surface area contributed by atoms with Gasteiger partial charge in [-0.15, -0.1) is 11.3 Å². The molecule has 3 atom stereocenters. The molecule has 0 aliphatic carbocycles. The topological polar surface area (TPSA) is 67.4 Å². The second-order valence-corrected chi connectivity index (χ2v) is 7.27. The molecule has 1 amide bonds. The summed E-state index contributed by atoms with van der Waals surface area (Å²) < 4.78 is 6.04. The number of nitrogens with zero attached hydrogens (tertiary/aromatic N) is 3. The number of fused-ring (bicyclic) bond motifs is 1. The molecule has 126 valence electrons. The Kier molecular flexibility index (Phi) is 4.44. The molecular formula is C17H20N4O2S. The summed E-state index contributed by atoms with van der Waals surface area (Å²) in [6.45, 7) is 2.25. The molecule has 0 unspecified atom stereocenters. The molecule has 4 rings (SSSR count). The van der Waals surface area contributed by atoms with Crippen molar-refractivity contribution < 1.29 is 9.53 Å². The number of amides is 1. The van der Waals surface area contributed by atoms with E-state index >= 15 is 0 Å². The Morgan fingerprint density at radius 2 is 2.25 bits per heavy atom. The number of hydrogen-bond donors (Lipinski definition) is 1. The van der Waals surface area contributed by atoms with E-state index in [9.17, 15) is 4.79 Å². The van der Waals surface area contributed by atoms with Crippen molar-refractivity contribution in [3.8, 4) is 0 Å². The van der Waals surface area contributed by atoms with E-state index in [1.165, 1.54) is 0 Å². The lowest BCUT2D eigenvalue weighted by Crippen LogP contribution is -2.43. The molecule has 2 saturated heterocycles. The monoisotopic (exact) mass is 344 g/mol. The predicted octanol–water partition coefficient (Wildman–Crippen LogP) is 1.84. The van der Waals surface area contributed by atoms with E-state index in [2.05, 4.69) is 20.2 Å². The molecule has 24 heavy (non-hydrogen) atoms. The number of anilines is 1. The summed E-state index contributed by atoms with van der Waals surface area (Å²) in [6.07, 6.45) is 5.08. The van der Waals surface area contributed by atoms with Gasteiger partial charge >= 0.3 is 0 Å². The van der Waals surface area contributed by atoms with Crippen LogP contribution in [0.15, 0.2) is 36.0 Å². The van der Waals surface area contributed by atoms with E-state index in [1.54, 1.807) is 23.7 Å². The van der Waals surface area contributed by atoms with Crippen LogP contribution in [0.1, 0.15) is 17.7 Å². The van der Waals surface area contributed by atoms with Crippen LogP contribution < -0.4 is 10.2 Å². The molecule has 2 aliphatic heterocycles. The Morgan fingerprint density at radius 1 is 1.38 bits per heavy atom. The van der Waals surface area contributed by atoms with Crippen LogP contribution in [0.25, 0.3) is 0 Å². The van der Waals surface area contributed by atoms with Crippen molar-refractivity contribution >= 4 is 23.2 Å². The number of carbonyl (C=O) groups excluding carboxylic acids is 1. The molecule has 0 radical (unpaired) electrons. The molecule has 6 nitrogen and oxygen atoms in total. The number of aromatic nitrogens is 2. The molecule has 2 aromatic rings. The number of thiophene rings is 1. The lowest BCUT2D eigenvalue weighted by molar-refractivity contribution is -0.132. The molecule has 7 heteroatoms. The molecule has 0 spiro atoms. The van der Waals surface area contributed by atoms with Crippen molar-refractivity contribution in [1.82, 2.24) is 15.3 Å². The summed E-state index contributed by atoms with van der Waals surface area (Å²) in [6, 6.07) is 5.83. The first-order valence-corrected chi connectivity index (χ1v) is 9.15. The third-order valence-electron chi connectivity index (χ3n) is 4.70. The van der Waals surface area contributed by atoms with Gasteiger partial charge in [-0.05, 0) is 36.3 Å². The lowest BCUT2D eigenvalue weighted by Gasteiger charge is -2.33. The lowest BCUT2D eigenvalue weighted by atomic mass is 9.92. The third kappa shape index (κ3) is 3.27.